The molecule has 4 rings (SSSR count). The van der Waals surface area contributed by atoms with E-state index in [9.17, 15) is 14.0 Å². The van der Waals surface area contributed by atoms with Gasteiger partial charge in [0.25, 0.3) is 5.91 Å². The number of halogens is 1. The highest BCUT2D eigenvalue weighted by Gasteiger charge is 2.45. The molecule has 1 aromatic rings. The fraction of sp³-hybridized carbons (Fsp3) is 0.611. The van der Waals surface area contributed by atoms with Crippen LogP contribution < -0.4 is 5.32 Å². The van der Waals surface area contributed by atoms with E-state index in [1.54, 1.807) is 29.4 Å². The quantitative estimate of drug-likeness (QED) is 0.905. The molecule has 0 unspecified atom stereocenters. The van der Waals surface area contributed by atoms with Gasteiger partial charge in [-0.05, 0) is 43.7 Å². The van der Waals surface area contributed by atoms with Gasteiger partial charge in [-0.2, -0.15) is 0 Å². The van der Waals surface area contributed by atoms with Crippen molar-refractivity contribution < 1.29 is 18.7 Å². The SMILES string of the molecule is O=C(Nc1cccnc1)[C@@H]1C[C@@H]2CCN(C(=O)C3CC(F)C3)C[C@@H]2O1. The first-order valence-electron chi connectivity index (χ1n) is 8.89. The van der Waals surface area contributed by atoms with Crippen molar-refractivity contribution in [1.82, 2.24) is 9.88 Å². The van der Waals surface area contributed by atoms with Gasteiger partial charge >= 0.3 is 0 Å². The van der Waals surface area contributed by atoms with Gasteiger partial charge in [0.2, 0.25) is 5.91 Å². The van der Waals surface area contributed by atoms with Crippen molar-refractivity contribution in [2.45, 2.75) is 44.1 Å². The lowest BCUT2D eigenvalue weighted by molar-refractivity contribution is -0.145. The van der Waals surface area contributed by atoms with E-state index < -0.39 is 12.3 Å². The zero-order chi connectivity index (χ0) is 17.4. The van der Waals surface area contributed by atoms with Gasteiger partial charge in [-0.1, -0.05) is 0 Å². The molecule has 0 aromatic carbocycles. The van der Waals surface area contributed by atoms with Gasteiger partial charge in [-0.15, -0.1) is 0 Å². The number of nitrogens with one attached hydrogen (secondary N) is 1. The van der Waals surface area contributed by atoms with Crippen LogP contribution in [0.4, 0.5) is 10.1 Å². The van der Waals surface area contributed by atoms with Crippen LogP contribution in [-0.2, 0) is 14.3 Å². The smallest absolute Gasteiger partial charge is 0.253 e. The molecule has 3 atom stereocenters. The molecule has 0 radical (unpaired) electrons. The lowest BCUT2D eigenvalue weighted by Gasteiger charge is -2.39. The van der Waals surface area contributed by atoms with Crippen LogP contribution in [0.1, 0.15) is 25.7 Å². The Morgan fingerprint density at radius 2 is 2.16 bits per heavy atom. The maximum absolute atomic E-state index is 13.0. The molecule has 0 spiro atoms. The summed E-state index contributed by atoms with van der Waals surface area (Å²) in [7, 11) is 0. The van der Waals surface area contributed by atoms with Crippen molar-refractivity contribution in [3.63, 3.8) is 0 Å². The van der Waals surface area contributed by atoms with Gasteiger partial charge in [0.05, 0.1) is 18.0 Å². The Balaban J connectivity index is 1.32. The Bertz CT molecular complexity index is 650. The summed E-state index contributed by atoms with van der Waals surface area (Å²) >= 11 is 0. The van der Waals surface area contributed by atoms with Crippen LogP contribution in [0, 0.1) is 11.8 Å². The van der Waals surface area contributed by atoms with Crippen LogP contribution in [0.2, 0.25) is 0 Å². The van der Waals surface area contributed by atoms with Gasteiger partial charge < -0.3 is 15.0 Å². The monoisotopic (exact) mass is 347 g/mol. The van der Waals surface area contributed by atoms with E-state index in [1.807, 2.05) is 0 Å². The van der Waals surface area contributed by atoms with E-state index in [4.69, 9.17) is 4.74 Å². The largest absolute Gasteiger partial charge is 0.363 e. The molecular weight excluding hydrogens is 325 g/mol. The molecule has 0 bridgehead atoms. The number of piperidine rings is 1. The van der Waals surface area contributed by atoms with Crippen molar-refractivity contribution in [3.8, 4) is 0 Å². The molecule has 3 fully saturated rings. The summed E-state index contributed by atoms with van der Waals surface area (Å²) in [5.74, 6) is 0.000365. The van der Waals surface area contributed by atoms with Gasteiger partial charge in [-0.25, -0.2) is 4.39 Å². The third-order valence-corrected chi connectivity index (χ3v) is 5.51. The Kier molecular flexibility index (Phi) is 4.41. The van der Waals surface area contributed by atoms with Crippen molar-refractivity contribution in [2.75, 3.05) is 18.4 Å². The minimum Gasteiger partial charge on any atom is -0.363 e. The number of anilines is 1. The second-order valence-corrected chi connectivity index (χ2v) is 7.23. The number of amides is 2. The lowest BCUT2D eigenvalue weighted by atomic mass is 9.81. The molecule has 1 aliphatic carbocycles. The number of pyridine rings is 1. The van der Waals surface area contributed by atoms with Crippen LogP contribution in [0.15, 0.2) is 24.5 Å². The third kappa shape index (κ3) is 3.38. The van der Waals surface area contributed by atoms with Crippen LogP contribution >= 0.6 is 0 Å². The number of hydrogen-bond donors (Lipinski definition) is 1. The van der Waals surface area contributed by atoms with E-state index in [2.05, 4.69) is 10.3 Å². The van der Waals surface area contributed by atoms with Gasteiger partial charge in [0.1, 0.15) is 12.3 Å². The molecule has 7 heteroatoms. The number of alkyl halides is 1. The summed E-state index contributed by atoms with van der Waals surface area (Å²) in [6, 6.07) is 3.54. The number of aromatic nitrogens is 1. The Morgan fingerprint density at radius 1 is 1.32 bits per heavy atom. The topological polar surface area (TPSA) is 71.5 Å². The van der Waals surface area contributed by atoms with Crippen LogP contribution in [0.25, 0.3) is 0 Å². The third-order valence-electron chi connectivity index (χ3n) is 5.51. The molecule has 3 aliphatic rings. The van der Waals surface area contributed by atoms with E-state index in [0.29, 0.717) is 44.0 Å². The maximum atomic E-state index is 13.0. The summed E-state index contributed by atoms with van der Waals surface area (Å²) in [6.45, 7) is 1.18. The van der Waals surface area contributed by atoms with E-state index in [1.165, 1.54) is 0 Å². The highest BCUT2D eigenvalue weighted by Crippen LogP contribution is 2.37. The number of carbonyl (C=O) groups excluding carboxylic acids is 2. The molecule has 2 aliphatic heterocycles. The first kappa shape index (κ1) is 16.4. The van der Waals surface area contributed by atoms with Crippen LogP contribution in [0.5, 0.6) is 0 Å². The fourth-order valence-electron chi connectivity index (χ4n) is 3.97. The standard InChI is InChI=1S/C18H22FN3O3/c19-13-6-12(7-13)18(24)22-5-3-11-8-15(25-16(11)10-22)17(23)21-14-2-1-4-20-9-14/h1-2,4,9,11-13,15-16H,3,5-8,10H2,(H,21,23)/t11-,12?,13?,15-,16-/m0/s1. The molecule has 134 valence electrons. The number of nitrogens with zero attached hydrogens (tertiary/aromatic N) is 2. The highest BCUT2D eigenvalue weighted by atomic mass is 19.1. The van der Waals surface area contributed by atoms with Crippen LogP contribution in [0.3, 0.4) is 0 Å². The normalized spacial score (nSPS) is 34.1. The zero-order valence-electron chi connectivity index (χ0n) is 13.9. The maximum Gasteiger partial charge on any atom is 0.253 e. The summed E-state index contributed by atoms with van der Waals surface area (Å²) in [5.41, 5.74) is 0.647. The van der Waals surface area contributed by atoms with Crippen molar-refractivity contribution >= 4 is 17.5 Å². The van der Waals surface area contributed by atoms with Gasteiger partial charge in [0.15, 0.2) is 0 Å². The van der Waals surface area contributed by atoms with Gasteiger partial charge in [0, 0.05) is 25.2 Å². The van der Waals surface area contributed by atoms with Crippen molar-refractivity contribution in [3.05, 3.63) is 24.5 Å². The summed E-state index contributed by atoms with van der Waals surface area (Å²) in [6.07, 6.45) is 4.02. The average molecular weight is 347 g/mol. The predicted octanol–water partition coefficient (Wildman–Crippen LogP) is 1.77. The minimum atomic E-state index is -0.824. The number of likely N-dealkylation sites (tertiary alicyclic amines) is 1. The lowest BCUT2D eigenvalue weighted by Crippen LogP contribution is -2.50. The van der Waals surface area contributed by atoms with Crippen LogP contribution in [-0.4, -0.2) is 53.2 Å². The van der Waals surface area contributed by atoms with E-state index in [-0.39, 0.29) is 23.8 Å². The summed E-state index contributed by atoms with van der Waals surface area (Å²) in [4.78, 5) is 30.5. The average Bonchev–Trinajstić information content (AvgIpc) is 3.02. The zero-order valence-corrected chi connectivity index (χ0v) is 13.9. The van der Waals surface area contributed by atoms with Crippen molar-refractivity contribution in [1.29, 1.82) is 0 Å². The summed E-state index contributed by atoms with van der Waals surface area (Å²) < 4.78 is 18.9. The molecular formula is C18H22FN3O3. The number of carbonyl (C=O) groups is 2. The molecule has 2 amide bonds. The number of ether oxygens (including phenoxy) is 1. The number of fused-ring (bicyclic) bond motifs is 1. The molecule has 1 saturated carbocycles. The first-order valence-corrected chi connectivity index (χ1v) is 8.89. The second kappa shape index (κ2) is 6.71. The van der Waals surface area contributed by atoms with Gasteiger partial charge in [-0.3, -0.25) is 14.6 Å². The number of hydrogen-bond acceptors (Lipinski definition) is 4. The Labute approximate surface area is 145 Å². The molecule has 2 saturated heterocycles. The summed E-state index contributed by atoms with van der Waals surface area (Å²) in [5, 5.41) is 2.82. The minimum absolute atomic E-state index is 0.0409. The van der Waals surface area contributed by atoms with Crippen molar-refractivity contribution in [2.24, 2.45) is 11.8 Å². The highest BCUT2D eigenvalue weighted by molar-refractivity contribution is 5.94. The van der Waals surface area contributed by atoms with E-state index in [0.717, 1.165) is 6.42 Å². The molecule has 6 nitrogen and oxygen atoms in total. The Hall–Kier alpha value is -2.02. The first-order chi connectivity index (χ1) is 12.1. The Morgan fingerprint density at radius 3 is 2.88 bits per heavy atom. The van der Waals surface area contributed by atoms with E-state index >= 15 is 0 Å². The molecule has 1 aromatic heterocycles. The molecule has 1 N–H and O–H groups in total. The molecule has 3 heterocycles. The number of rotatable bonds is 3. The fourth-order valence-corrected chi connectivity index (χ4v) is 3.97. The second-order valence-electron chi connectivity index (χ2n) is 7.23. The molecule has 25 heavy (non-hydrogen) atoms. The predicted molar refractivity (Wildman–Crippen MR) is 88.5 cm³/mol.